The Balaban J connectivity index is 1.80. The number of ether oxygens (including phenoxy) is 1. The number of hydrogen-bond donors (Lipinski definition) is 2. The van der Waals surface area contributed by atoms with E-state index in [1.165, 1.54) is 17.6 Å². The van der Waals surface area contributed by atoms with Crippen LogP contribution in [0.5, 0.6) is 0 Å². The van der Waals surface area contributed by atoms with Crippen molar-refractivity contribution in [3.8, 4) is 10.6 Å². The molecule has 0 fully saturated rings. The zero-order valence-corrected chi connectivity index (χ0v) is 11.2. The van der Waals surface area contributed by atoms with Crippen molar-refractivity contribution in [2.75, 3.05) is 19.8 Å². The highest BCUT2D eigenvalue weighted by Gasteiger charge is 2.11. The van der Waals surface area contributed by atoms with Gasteiger partial charge in [-0.3, -0.25) is 4.79 Å². The number of carbonyl (C=O) groups is 2. The van der Waals surface area contributed by atoms with Crippen LogP contribution in [0.4, 0.5) is 0 Å². The lowest BCUT2D eigenvalue weighted by Crippen LogP contribution is -2.28. The second-order valence-corrected chi connectivity index (χ2v) is 4.61. The molecule has 0 spiro atoms. The van der Waals surface area contributed by atoms with Gasteiger partial charge in [0.15, 0.2) is 0 Å². The Morgan fingerprint density at radius 2 is 2.35 bits per heavy atom. The van der Waals surface area contributed by atoms with E-state index in [2.05, 4.69) is 10.3 Å². The predicted molar refractivity (Wildman–Crippen MR) is 70.6 cm³/mol. The van der Waals surface area contributed by atoms with E-state index in [1.54, 1.807) is 17.7 Å². The molecule has 2 aromatic heterocycles. The number of carboxylic acids is 1. The van der Waals surface area contributed by atoms with Gasteiger partial charge >= 0.3 is 5.97 Å². The van der Waals surface area contributed by atoms with E-state index in [4.69, 9.17) is 14.3 Å². The van der Waals surface area contributed by atoms with Crippen LogP contribution >= 0.6 is 11.3 Å². The Kier molecular flexibility index (Phi) is 4.85. The van der Waals surface area contributed by atoms with Gasteiger partial charge in [0.1, 0.15) is 23.6 Å². The molecule has 0 saturated heterocycles. The van der Waals surface area contributed by atoms with E-state index in [-0.39, 0.29) is 25.7 Å². The average Bonchev–Trinajstić information content (AvgIpc) is 3.08. The topological polar surface area (TPSA) is 102 Å². The molecule has 0 radical (unpaired) electrons. The lowest BCUT2D eigenvalue weighted by atomic mass is 10.3. The van der Waals surface area contributed by atoms with Crippen molar-refractivity contribution in [3.05, 3.63) is 29.7 Å². The van der Waals surface area contributed by atoms with Crippen LogP contribution in [-0.2, 0) is 9.53 Å². The van der Waals surface area contributed by atoms with Crippen molar-refractivity contribution in [3.63, 3.8) is 0 Å². The average molecular weight is 296 g/mol. The molecule has 0 aliphatic heterocycles. The van der Waals surface area contributed by atoms with Crippen molar-refractivity contribution >= 4 is 23.2 Å². The highest BCUT2D eigenvalue weighted by molar-refractivity contribution is 7.13. The Labute approximate surface area is 118 Å². The van der Waals surface area contributed by atoms with E-state index < -0.39 is 5.97 Å². The monoisotopic (exact) mass is 296 g/mol. The van der Waals surface area contributed by atoms with Crippen molar-refractivity contribution in [2.45, 2.75) is 0 Å². The van der Waals surface area contributed by atoms with Crippen molar-refractivity contribution in [1.82, 2.24) is 10.3 Å². The predicted octanol–water partition coefficient (Wildman–Crippen LogP) is 1.23. The summed E-state index contributed by atoms with van der Waals surface area (Å²) >= 11 is 1.34. The van der Waals surface area contributed by atoms with E-state index in [0.717, 1.165) is 5.56 Å². The Bertz CT molecular complexity index is 578. The van der Waals surface area contributed by atoms with Crippen molar-refractivity contribution in [1.29, 1.82) is 0 Å². The maximum Gasteiger partial charge on any atom is 0.329 e. The van der Waals surface area contributed by atoms with Crippen LogP contribution in [0.25, 0.3) is 10.6 Å². The SMILES string of the molecule is O=C(O)COCCNC(=O)c1csc(-c2ccoc2)n1. The standard InChI is InChI=1S/C12H12N2O5S/c15-10(16)6-19-4-2-13-11(17)9-7-20-12(14-9)8-1-3-18-5-8/h1,3,5,7H,2,4,6H2,(H,13,17)(H,15,16). The fourth-order valence-electron chi connectivity index (χ4n) is 1.38. The van der Waals surface area contributed by atoms with Crippen molar-refractivity contribution < 1.29 is 23.8 Å². The number of thiazole rings is 1. The van der Waals surface area contributed by atoms with Crippen LogP contribution in [0, 0.1) is 0 Å². The molecule has 0 unspecified atom stereocenters. The summed E-state index contributed by atoms with van der Waals surface area (Å²) in [7, 11) is 0. The molecule has 0 aromatic carbocycles. The molecule has 106 valence electrons. The van der Waals surface area contributed by atoms with Gasteiger partial charge in [-0.25, -0.2) is 9.78 Å². The minimum absolute atomic E-state index is 0.136. The van der Waals surface area contributed by atoms with E-state index in [1.807, 2.05) is 0 Å². The molecule has 20 heavy (non-hydrogen) atoms. The molecule has 0 bridgehead atoms. The van der Waals surface area contributed by atoms with Crippen LogP contribution < -0.4 is 5.32 Å². The van der Waals surface area contributed by atoms with Gasteiger partial charge < -0.3 is 19.6 Å². The number of carbonyl (C=O) groups excluding carboxylic acids is 1. The van der Waals surface area contributed by atoms with Crippen molar-refractivity contribution in [2.24, 2.45) is 0 Å². The lowest BCUT2D eigenvalue weighted by Gasteiger charge is -2.02. The number of aromatic nitrogens is 1. The summed E-state index contributed by atoms with van der Waals surface area (Å²) in [6, 6.07) is 1.76. The molecular weight excluding hydrogens is 284 g/mol. The zero-order valence-electron chi connectivity index (χ0n) is 10.4. The van der Waals surface area contributed by atoms with Gasteiger partial charge in [0.2, 0.25) is 0 Å². The van der Waals surface area contributed by atoms with E-state index >= 15 is 0 Å². The van der Waals surface area contributed by atoms with E-state index in [9.17, 15) is 9.59 Å². The Hall–Kier alpha value is -2.19. The molecule has 0 atom stereocenters. The minimum atomic E-state index is -1.04. The third kappa shape index (κ3) is 3.90. The van der Waals surface area contributed by atoms with Gasteiger partial charge in [0, 0.05) is 17.5 Å². The van der Waals surface area contributed by atoms with Gasteiger partial charge in [-0.1, -0.05) is 0 Å². The first-order valence-corrected chi connectivity index (χ1v) is 6.60. The largest absolute Gasteiger partial charge is 0.480 e. The van der Waals surface area contributed by atoms with Crippen LogP contribution in [-0.4, -0.2) is 41.7 Å². The Morgan fingerprint density at radius 3 is 3.05 bits per heavy atom. The summed E-state index contributed by atoms with van der Waals surface area (Å²) in [6.07, 6.45) is 3.09. The number of nitrogens with one attached hydrogen (secondary N) is 1. The highest BCUT2D eigenvalue weighted by Crippen LogP contribution is 2.23. The summed E-state index contributed by atoms with van der Waals surface area (Å²) < 4.78 is 9.75. The highest BCUT2D eigenvalue weighted by atomic mass is 32.1. The third-order valence-electron chi connectivity index (χ3n) is 2.26. The molecule has 0 saturated carbocycles. The first-order chi connectivity index (χ1) is 9.66. The van der Waals surface area contributed by atoms with Crippen LogP contribution in [0.2, 0.25) is 0 Å². The maximum absolute atomic E-state index is 11.8. The van der Waals surface area contributed by atoms with Crippen LogP contribution in [0.3, 0.4) is 0 Å². The molecule has 7 nitrogen and oxygen atoms in total. The zero-order chi connectivity index (χ0) is 14.4. The number of hydrogen-bond acceptors (Lipinski definition) is 6. The molecule has 2 rings (SSSR count). The van der Waals surface area contributed by atoms with Gasteiger partial charge in [-0.15, -0.1) is 11.3 Å². The molecule has 2 aromatic rings. The normalized spacial score (nSPS) is 10.4. The number of furan rings is 1. The molecule has 0 aliphatic rings. The molecule has 1 amide bonds. The molecule has 8 heteroatoms. The first-order valence-electron chi connectivity index (χ1n) is 5.72. The first kappa shape index (κ1) is 14.2. The summed E-state index contributed by atoms with van der Waals surface area (Å²) in [4.78, 5) is 26.2. The summed E-state index contributed by atoms with van der Waals surface area (Å²) in [6.45, 7) is -0.0152. The summed E-state index contributed by atoms with van der Waals surface area (Å²) in [5, 5.41) is 13.3. The lowest BCUT2D eigenvalue weighted by molar-refractivity contribution is -0.142. The third-order valence-corrected chi connectivity index (χ3v) is 3.15. The second-order valence-electron chi connectivity index (χ2n) is 3.75. The minimum Gasteiger partial charge on any atom is -0.480 e. The van der Waals surface area contributed by atoms with Crippen LogP contribution in [0.15, 0.2) is 28.4 Å². The van der Waals surface area contributed by atoms with Gasteiger partial charge in [0.25, 0.3) is 5.91 Å². The fourth-order valence-corrected chi connectivity index (χ4v) is 2.17. The molecule has 2 N–H and O–H groups in total. The second kappa shape index (κ2) is 6.83. The molecular formula is C12H12N2O5S. The van der Waals surface area contributed by atoms with Gasteiger partial charge in [-0.2, -0.15) is 0 Å². The summed E-state index contributed by atoms with van der Waals surface area (Å²) in [5.74, 6) is -1.37. The Morgan fingerprint density at radius 1 is 1.50 bits per heavy atom. The maximum atomic E-state index is 11.8. The molecule has 2 heterocycles. The smallest absolute Gasteiger partial charge is 0.329 e. The number of aliphatic carboxylic acids is 1. The fraction of sp³-hybridized carbons (Fsp3) is 0.250. The number of nitrogens with zero attached hydrogens (tertiary/aromatic N) is 1. The van der Waals surface area contributed by atoms with E-state index in [0.29, 0.717) is 10.7 Å². The molecule has 0 aliphatic carbocycles. The van der Waals surface area contributed by atoms with Crippen LogP contribution in [0.1, 0.15) is 10.5 Å². The quantitative estimate of drug-likeness (QED) is 0.745. The number of amides is 1. The summed E-state index contributed by atoms with van der Waals surface area (Å²) in [5.41, 5.74) is 1.13. The van der Waals surface area contributed by atoms with Gasteiger partial charge in [-0.05, 0) is 6.07 Å². The number of carboxylic acid groups (broad SMARTS) is 1. The van der Waals surface area contributed by atoms with Gasteiger partial charge in [0.05, 0.1) is 12.9 Å². The number of rotatable bonds is 7.